The lowest BCUT2D eigenvalue weighted by atomic mass is 10.1. The van der Waals surface area contributed by atoms with E-state index >= 15 is 0 Å². The maximum atomic E-state index is 13.3. The maximum absolute atomic E-state index is 13.3. The lowest BCUT2D eigenvalue weighted by Gasteiger charge is -2.31. The number of thioether (sulfide) groups is 1. The standard InChI is InChI=1S/C26H33ClN2O3S/c1-3-24(26(31)28-22-6-4-5-7-22)29(16-19-8-12-21(27)13-9-19)25(30)18-33-17-20-10-14-23(32-2)15-11-20/h8-15,22,24H,3-7,16-18H2,1-2H3,(H,28,31)/t24-/m0/s1. The fourth-order valence-electron chi connectivity index (χ4n) is 4.13. The number of carbonyl (C=O) groups is 2. The summed E-state index contributed by atoms with van der Waals surface area (Å²) in [6.07, 6.45) is 4.91. The number of ether oxygens (including phenoxy) is 1. The molecule has 1 aliphatic rings. The largest absolute Gasteiger partial charge is 0.497 e. The quantitative estimate of drug-likeness (QED) is 0.457. The number of methoxy groups -OCH3 is 1. The molecule has 0 unspecified atom stereocenters. The molecule has 0 saturated heterocycles. The Hall–Kier alpha value is -2.18. The van der Waals surface area contributed by atoms with Crippen LogP contribution in [0.3, 0.4) is 0 Å². The smallest absolute Gasteiger partial charge is 0.243 e. The zero-order valence-electron chi connectivity index (χ0n) is 19.4. The predicted octanol–water partition coefficient (Wildman–Crippen LogP) is 5.45. The monoisotopic (exact) mass is 488 g/mol. The van der Waals surface area contributed by atoms with Crippen molar-refractivity contribution in [1.29, 1.82) is 0 Å². The van der Waals surface area contributed by atoms with Crippen LogP contribution in [0.5, 0.6) is 5.75 Å². The summed E-state index contributed by atoms with van der Waals surface area (Å²) in [6.45, 7) is 2.35. The number of nitrogens with one attached hydrogen (secondary N) is 1. The minimum absolute atomic E-state index is 0.0307. The zero-order valence-corrected chi connectivity index (χ0v) is 21.0. The van der Waals surface area contributed by atoms with Crippen molar-refractivity contribution in [3.05, 3.63) is 64.7 Å². The summed E-state index contributed by atoms with van der Waals surface area (Å²) in [5.74, 6) is 1.76. The van der Waals surface area contributed by atoms with Gasteiger partial charge in [-0.15, -0.1) is 11.8 Å². The highest BCUT2D eigenvalue weighted by atomic mass is 35.5. The molecule has 0 bridgehead atoms. The number of nitrogens with zero attached hydrogens (tertiary/aromatic N) is 1. The molecular weight excluding hydrogens is 456 g/mol. The van der Waals surface area contributed by atoms with Crippen molar-refractivity contribution in [3.8, 4) is 5.75 Å². The van der Waals surface area contributed by atoms with Crippen LogP contribution in [0.2, 0.25) is 5.02 Å². The number of amides is 2. The molecule has 1 fully saturated rings. The number of halogens is 1. The van der Waals surface area contributed by atoms with E-state index in [1.807, 2.05) is 55.5 Å². The van der Waals surface area contributed by atoms with Crippen molar-refractivity contribution in [2.24, 2.45) is 0 Å². The summed E-state index contributed by atoms with van der Waals surface area (Å²) in [4.78, 5) is 28.2. The number of rotatable bonds is 11. The second-order valence-electron chi connectivity index (χ2n) is 8.40. The first-order valence-electron chi connectivity index (χ1n) is 11.5. The highest BCUT2D eigenvalue weighted by Gasteiger charge is 2.30. The van der Waals surface area contributed by atoms with Crippen molar-refractivity contribution in [1.82, 2.24) is 10.2 Å². The minimum atomic E-state index is -0.490. The fourth-order valence-corrected chi connectivity index (χ4v) is 5.13. The van der Waals surface area contributed by atoms with E-state index in [0.717, 1.165) is 48.3 Å². The topological polar surface area (TPSA) is 58.6 Å². The zero-order chi connectivity index (χ0) is 23.6. The molecule has 3 rings (SSSR count). The van der Waals surface area contributed by atoms with E-state index in [-0.39, 0.29) is 17.9 Å². The van der Waals surface area contributed by atoms with Crippen LogP contribution in [-0.2, 0) is 21.9 Å². The molecule has 0 radical (unpaired) electrons. The molecule has 1 atom stereocenters. The summed E-state index contributed by atoms with van der Waals surface area (Å²) in [7, 11) is 1.64. The first kappa shape index (κ1) is 25.4. The highest BCUT2D eigenvalue weighted by Crippen LogP contribution is 2.21. The SMILES string of the molecule is CC[C@@H](C(=O)NC1CCCC1)N(Cc1ccc(Cl)cc1)C(=O)CSCc1ccc(OC)cc1. The van der Waals surface area contributed by atoms with E-state index < -0.39 is 6.04 Å². The van der Waals surface area contributed by atoms with Crippen molar-refractivity contribution in [2.45, 2.75) is 63.4 Å². The summed E-state index contributed by atoms with van der Waals surface area (Å²) < 4.78 is 5.20. The summed E-state index contributed by atoms with van der Waals surface area (Å²) in [5.41, 5.74) is 2.09. The van der Waals surface area contributed by atoms with E-state index in [1.165, 1.54) is 0 Å². The van der Waals surface area contributed by atoms with E-state index in [2.05, 4.69) is 5.32 Å². The van der Waals surface area contributed by atoms with Gasteiger partial charge in [0.05, 0.1) is 12.9 Å². The maximum Gasteiger partial charge on any atom is 0.243 e. The first-order valence-corrected chi connectivity index (χ1v) is 13.1. The van der Waals surface area contributed by atoms with Crippen LogP contribution in [0.25, 0.3) is 0 Å². The molecule has 1 saturated carbocycles. The first-order chi connectivity index (χ1) is 16.0. The summed E-state index contributed by atoms with van der Waals surface area (Å²) in [6, 6.07) is 15.0. The van der Waals surface area contributed by atoms with Crippen molar-refractivity contribution in [3.63, 3.8) is 0 Å². The minimum Gasteiger partial charge on any atom is -0.497 e. The van der Waals surface area contributed by atoms with Gasteiger partial charge in [0.25, 0.3) is 0 Å². The Labute approximate surface area is 206 Å². The molecule has 5 nitrogen and oxygen atoms in total. The van der Waals surface area contributed by atoms with E-state index in [4.69, 9.17) is 16.3 Å². The molecule has 0 aliphatic heterocycles. The average molecular weight is 489 g/mol. The van der Waals surface area contributed by atoms with Crippen LogP contribution >= 0.6 is 23.4 Å². The average Bonchev–Trinajstić information content (AvgIpc) is 3.33. The molecule has 2 amide bonds. The van der Waals surface area contributed by atoms with Gasteiger partial charge in [0.15, 0.2) is 0 Å². The third-order valence-corrected chi connectivity index (χ3v) is 7.25. The van der Waals surface area contributed by atoms with E-state index in [1.54, 1.807) is 23.8 Å². The lowest BCUT2D eigenvalue weighted by molar-refractivity contribution is -0.139. The van der Waals surface area contributed by atoms with Gasteiger partial charge in [0.1, 0.15) is 11.8 Å². The Morgan fingerprint density at radius 3 is 2.33 bits per heavy atom. The van der Waals surface area contributed by atoms with Gasteiger partial charge in [0.2, 0.25) is 11.8 Å². The second kappa shape index (κ2) is 12.9. The van der Waals surface area contributed by atoms with Crippen LogP contribution in [0.15, 0.2) is 48.5 Å². The number of hydrogen-bond donors (Lipinski definition) is 1. The molecular formula is C26H33ClN2O3S. The molecule has 2 aromatic carbocycles. The number of benzene rings is 2. The summed E-state index contributed by atoms with van der Waals surface area (Å²) in [5, 5.41) is 3.83. The second-order valence-corrected chi connectivity index (χ2v) is 9.83. The van der Waals surface area contributed by atoms with Crippen LogP contribution in [0.4, 0.5) is 0 Å². The lowest BCUT2D eigenvalue weighted by Crippen LogP contribution is -2.51. The number of carbonyl (C=O) groups excluding carboxylic acids is 2. The van der Waals surface area contributed by atoms with Crippen molar-refractivity contribution < 1.29 is 14.3 Å². The van der Waals surface area contributed by atoms with Gasteiger partial charge >= 0.3 is 0 Å². The third-order valence-electron chi connectivity index (χ3n) is 6.01. The molecule has 1 aliphatic carbocycles. The Balaban J connectivity index is 1.67. The van der Waals surface area contributed by atoms with Gasteiger partial charge in [-0.2, -0.15) is 0 Å². The molecule has 33 heavy (non-hydrogen) atoms. The number of hydrogen-bond acceptors (Lipinski definition) is 4. The summed E-state index contributed by atoms with van der Waals surface area (Å²) >= 11 is 7.59. The Kier molecular flexibility index (Phi) is 9.95. The van der Waals surface area contributed by atoms with Crippen LogP contribution in [-0.4, -0.2) is 41.7 Å². The molecule has 0 aromatic heterocycles. The van der Waals surface area contributed by atoms with Gasteiger partial charge in [-0.1, -0.05) is 55.6 Å². The molecule has 2 aromatic rings. The Morgan fingerprint density at radius 1 is 1.09 bits per heavy atom. The van der Waals surface area contributed by atoms with E-state index in [0.29, 0.717) is 23.7 Å². The molecule has 178 valence electrons. The van der Waals surface area contributed by atoms with Gasteiger partial charge in [-0.25, -0.2) is 0 Å². The molecule has 7 heteroatoms. The third kappa shape index (κ3) is 7.68. The normalized spacial score (nSPS) is 14.6. The van der Waals surface area contributed by atoms with Crippen LogP contribution < -0.4 is 10.1 Å². The molecule has 0 heterocycles. The fraction of sp³-hybridized carbons (Fsp3) is 0.462. The van der Waals surface area contributed by atoms with Crippen LogP contribution in [0, 0.1) is 0 Å². The van der Waals surface area contributed by atoms with Gasteiger partial charge in [-0.05, 0) is 54.7 Å². The van der Waals surface area contributed by atoms with Crippen molar-refractivity contribution >= 4 is 35.2 Å². The molecule has 0 spiro atoms. The van der Waals surface area contributed by atoms with Gasteiger partial charge in [-0.3, -0.25) is 9.59 Å². The predicted molar refractivity (Wildman–Crippen MR) is 136 cm³/mol. The Morgan fingerprint density at radius 2 is 1.73 bits per heavy atom. The van der Waals surface area contributed by atoms with Gasteiger partial charge in [0, 0.05) is 23.4 Å². The van der Waals surface area contributed by atoms with Crippen LogP contribution in [0.1, 0.15) is 50.2 Å². The molecule has 1 N–H and O–H groups in total. The highest BCUT2D eigenvalue weighted by molar-refractivity contribution is 7.99. The van der Waals surface area contributed by atoms with E-state index in [9.17, 15) is 9.59 Å². The van der Waals surface area contributed by atoms with Crippen molar-refractivity contribution in [2.75, 3.05) is 12.9 Å². The van der Waals surface area contributed by atoms with Gasteiger partial charge < -0.3 is 15.0 Å². The Bertz CT molecular complexity index is 899.